The number of nitrogens with one attached hydrogen (secondary N) is 1. The van der Waals surface area contributed by atoms with E-state index in [0.29, 0.717) is 12.1 Å². The molecule has 2 heteroatoms. The highest BCUT2D eigenvalue weighted by Gasteiger charge is 2.33. The first-order chi connectivity index (χ1) is 3.88. The minimum atomic E-state index is 0.424. The van der Waals surface area contributed by atoms with Gasteiger partial charge < -0.3 is 4.74 Å². The normalized spacial score (nSPS) is 36.1. The molecule has 1 N–H and O–H groups in total. The van der Waals surface area contributed by atoms with Crippen molar-refractivity contribution in [2.24, 2.45) is 0 Å². The summed E-state index contributed by atoms with van der Waals surface area (Å²) < 4.78 is 5.09. The number of rotatable bonds is 2. The molecule has 2 nitrogen and oxygen atoms in total. The van der Waals surface area contributed by atoms with Gasteiger partial charge in [-0.2, -0.15) is 0 Å². The summed E-state index contributed by atoms with van der Waals surface area (Å²) in [7, 11) is 1.74. The van der Waals surface area contributed by atoms with E-state index in [1.165, 1.54) is 12.8 Å². The van der Waals surface area contributed by atoms with Crippen LogP contribution in [0.15, 0.2) is 0 Å². The Balaban J connectivity index is 2.26. The third-order valence-corrected chi connectivity index (χ3v) is 1.78. The minimum absolute atomic E-state index is 0.424. The molecule has 0 aliphatic heterocycles. The van der Waals surface area contributed by atoms with Crippen LogP contribution >= 0.6 is 0 Å². The van der Waals surface area contributed by atoms with Crippen LogP contribution in [0.1, 0.15) is 12.8 Å². The van der Waals surface area contributed by atoms with E-state index in [2.05, 4.69) is 11.7 Å². The predicted molar refractivity (Wildman–Crippen MR) is 31.9 cm³/mol. The fraction of sp³-hybridized carbons (Fsp3) is 0.833. The van der Waals surface area contributed by atoms with E-state index in [1.807, 2.05) is 0 Å². The minimum Gasteiger partial charge on any atom is -0.375 e. The first kappa shape index (κ1) is 5.76. The summed E-state index contributed by atoms with van der Waals surface area (Å²) in [6, 6.07) is 0.514. The molecule has 1 rings (SSSR count). The number of hydrogen-bond donors (Lipinski definition) is 1. The third-order valence-electron chi connectivity index (χ3n) is 1.78. The molecule has 1 aliphatic carbocycles. The fourth-order valence-corrected chi connectivity index (χ4v) is 0.985. The Hall–Kier alpha value is -0.370. The van der Waals surface area contributed by atoms with Gasteiger partial charge in [-0.15, -0.1) is 0 Å². The average molecular weight is 114 g/mol. The van der Waals surface area contributed by atoms with Crippen LogP contribution in [0, 0.1) is 0 Å². The summed E-state index contributed by atoms with van der Waals surface area (Å²) in [5.74, 6) is 0. The Morgan fingerprint density at radius 1 is 1.62 bits per heavy atom. The van der Waals surface area contributed by atoms with Crippen molar-refractivity contribution in [2.45, 2.75) is 25.0 Å². The van der Waals surface area contributed by atoms with Crippen molar-refractivity contribution >= 4 is 6.72 Å². The molecule has 0 radical (unpaired) electrons. The monoisotopic (exact) mass is 114 g/mol. The summed E-state index contributed by atoms with van der Waals surface area (Å²) in [5, 5.41) is 0. The van der Waals surface area contributed by atoms with Crippen LogP contribution in [0.25, 0.3) is 0 Å². The van der Waals surface area contributed by atoms with Crippen LogP contribution in [0.2, 0.25) is 0 Å². The lowest BCUT2D eigenvalue weighted by molar-refractivity contribution is -0.526. The molecular formula is C6H12NO+. The lowest BCUT2D eigenvalue weighted by Gasteiger charge is -2.26. The van der Waals surface area contributed by atoms with Crippen LogP contribution in [-0.2, 0) is 4.74 Å². The maximum absolute atomic E-state index is 5.09. The number of methoxy groups -OCH3 is 1. The largest absolute Gasteiger partial charge is 0.375 e. The maximum Gasteiger partial charge on any atom is 0.176 e. The summed E-state index contributed by atoms with van der Waals surface area (Å²) >= 11 is 0. The van der Waals surface area contributed by atoms with E-state index < -0.39 is 0 Å². The summed E-state index contributed by atoms with van der Waals surface area (Å²) in [6.07, 6.45) is 2.82. The number of hydrogen-bond acceptors (Lipinski definition) is 1. The molecular weight excluding hydrogens is 102 g/mol. The molecule has 0 saturated heterocycles. The molecule has 1 unspecified atom stereocenters. The van der Waals surface area contributed by atoms with Crippen LogP contribution < -0.4 is 4.99 Å². The molecule has 0 aromatic rings. The summed E-state index contributed by atoms with van der Waals surface area (Å²) in [5.41, 5.74) is 0. The molecule has 0 amide bonds. The van der Waals surface area contributed by atoms with Gasteiger partial charge in [0.05, 0.1) is 0 Å². The maximum atomic E-state index is 5.09. The van der Waals surface area contributed by atoms with Gasteiger partial charge in [0.25, 0.3) is 0 Å². The van der Waals surface area contributed by atoms with Crippen molar-refractivity contribution in [3.05, 3.63) is 0 Å². The van der Waals surface area contributed by atoms with E-state index in [-0.39, 0.29) is 0 Å². The lowest BCUT2D eigenvalue weighted by Crippen LogP contribution is -2.81. The highest BCUT2D eigenvalue weighted by molar-refractivity contribution is 5.13. The van der Waals surface area contributed by atoms with E-state index in [4.69, 9.17) is 4.74 Å². The Morgan fingerprint density at radius 2 is 2.38 bits per heavy atom. The second-order valence-electron chi connectivity index (χ2n) is 2.16. The predicted octanol–water partition coefficient (Wildman–Crippen LogP) is -1.05. The molecule has 0 aromatic carbocycles. The Morgan fingerprint density at radius 3 is 2.50 bits per heavy atom. The molecule has 0 aromatic heterocycles. The molecule has 46 valence electrons. The van der Waals surface area contributed by atoms with Gasteiger partial charge in [0.1, 0.15) is 12.8 Å². The molecule has 2 atom stereocenters. The van der Waals surface area contributed by atoms with E-state index >= 15 is 0 Å². The smallest absolute Gasteiger partial charge is 0.176 e. The van der Waals surface area contributed by atoms with Crippen LogP contribution in [0.5, 0.6) is 0 Å². The lowest BCUT2D eigenvalue weighted by atomic mass is 9.90. The SMILES string of the molecule is C=[NH+]C1CC[C@H]1OC. The molecule has 0 bridgehead atoms. The summed E-state index contributed by atoms with van der Waals surface area (Å²) in [4.78, 5) is 2.93. The molecule has 1 aliphatic rings. The molecule has 8 heavy (non-hydrogen) atoms. The zero-order chi connectivity index (χ0) is 5.98. The Kier molecular flexibility index (Phi) is 1.63. The van der Waals surface area contributed by atoms with Gasteiger partial charge in [0.15, 0.2) is 6.04 Å². The van der Waals surface area contributed by atoms with Crippen LogP contribution in [-0.4, -0.2) is 26.0 Å². The van der Waals surface area contributed by atoms with Crippen molar-refractivity contribution in [3.63, 3.8) is 0 Å². The third kappa shape index (κ3) is 0.757. The van der Waals surface area contributed by atoms with Crippen molar-refractivity contribution in [2.75, 3.05) is 7.11 Å². The second-order valence-corrected chi connectivity index (χ2v) is 2.16. The van der Waals surface area contributed by atoms with Gasteiger partial charge in [-0.25, -0.2) is 4.99 Å². The van der Waals surface area contributed by atoms with Crippen molar-refractivity contribution < 1.29 is 9.73 Å². The van der Waals surface area contributed by atoms with Crippen molar-refractivity contribution in [1.82, 2.24) is 0 Å². The van der Waals surface area contributed by atoms with Gasteiger partial charge in [-0.3, -0.25) is 0 Å². The molecule has 0 spiro atoms. The van der Waals surface area contributed by atoms with Gasteiger partial charge in [-0.1, -0.05) is 0 Å². The van der Waals surface area contributed by atoms with E-state index in [1.54, 1.807) is 7.11 Å². The Labute approximate surface area is 49.6 Å². The fourth-order valence-electron chi connectivity index (χ4n) is 0.985. The zero-order valence-corrected chi connectivity index (χ0v) is 5.18. The average Bonchev–Trinajstić information content (AvgIpc) is 1.66. The first-order valence-corrected chi connectivity index (χ1v) is 2.94. The Bertz CT molecular complexity index is 90.5. The number of ether oxygens (including phenoxy) is 1. The van der Waals surface area contributed by atoms with Gasteiger partial charge in [0.2, 0.25) is 0 Å². The van der Waals surface area contributed by atoms with Crippen LogP contribution in [0.4, 0.5) is 0 Å². The summed E-state index contributed by atoms with van der Waals surface area (Å²) in [6.45, 7) is 3.58. The van der Waals surface area contributed by atoms with Gasteiger partial charge in [0, 0.05) is 13.5 Å². The van der Waals surface area contributed by atoms with Gasteiger partial charge >= 0.3 is 0 Å². The van der Waals surface area contributed by atoms with Crippen molar-refractivity contribution in [1.29, 1.82) is 0 Å². The van der Waals surface area contributed by atoms with Crippen molar-refractivity contribution in [3.8, 4) is 0 Å². The van der Waals surface area contributed by atoms with Crippen LogP contribution in [0.3, 0.4) is 0 Å². The van der Waals surface area contributed by atoms with E-state index in [0.717, 1.165) is 0 Å². The van der Waals surface area contributed by atoms with E-state index in [9.17, 15) is 0 Å². The first-order valence-electron chi connectivity index (χ1n) is 2.94. The standard InChI is InChI=1S/C6H11NO/c1-7-5-3-4-6(5)8-2/h5-6H,1,3-4H2,2H3/p+1/t5?,6-/m1/s1. The highest BCUT2D eigenvalue weighted by Crippen LogP contribution is 2.18. The zero-order valence-electron chi connectivity index (χ0n) is 5.18. The second kappa shape index (κ2) is 2.27. The molecule has 0 heterocycles. The quantitative estimate of drug-likeness (QED) is 0.455. The molecule has 1 saturated carbocycles. The highest BCUT2D eigenvalue weighted by atomic mass is 16.5. The topological polar surface area (TPSA) is 23.2 Å². The van der Waals surface area contributed by atoms with Gasteiger partial charge in [-0.05, 0) is 6.42 Å². The molecule has 1 fully saturated rings.